The summed E-state index contributed by atoms with van der Waals surface area (Å²) in [4.78, 5) is 35.1. The van der Waals surface area contributed by atoms with Crippen molar-refractivity contribution in [3.63, 3.8) is 0 Å². The van der Waals surface area contributed by atoms with E-state index in [1.165, 1.54) is 12.1 Å². The largest absolute Gasteiger partial charge is 0.480 e. The minimum absolute atomic E-state index is 0.0000838. The number of carboxylic acids is 1. The molecule has 2 amide bonds. The summed E-state index contributed by atoms with van der Waals surface area (Å²) in [5.74, 6) is -1.74. The van der Waals surface area contributed by atoms with Crippen molar-refractivity contribution in [2.24, 2.45) is 0 Å². The fourth-order valence-electron chi connectivity index (χ4n) is 3.15. The van der Waals surface area contributed by atoms with Crippen molar-refractivity contribution < 1.29 is 33.3 Å². The van der Waals surface area contributed by atoms with Crippen molar-refractivity contribution in [2.45, 2.75) is 30.7 Å². The van der Waals surface area contributed by atoms with E-state index in [4.69, 9.17) is 16.3 Å². The molecule has 0 saturated carbocycles. The highest BCUT2D eigenvalue weighted by Gasteiger charge is 2.39. The molecule has 1 heterocycles. The van der Waals surface area contributed by atoms with E-state index in [0.29, 0.717) is 11.1 Å². The summed E-state index contributed by atoms with van der Waals surface area (Å²) in [6.07, 6.45) is -1.06. The van der Waals surface area contributed by atoms with Gasteiger partial charge in [0.25, 0.3) is 0 Å². The van der Waals surface area contributed by atoms with Gasteiger partial charge < -0.3 is 15.2 Å². The van der Waals surface area contributed by atoms with Crippen LogP contribution in [-0.2, 0) is 27.4 Å². The monoisotopic (exact) mass is 468 g/mol. The van der Waals surface area contributed by atoms with Gasteiger partial charge in [0, 0.05) is 11.4 Å². The number of amides is 2. The molecule has 0 aromatic heterocycles. The molecular weight excluding hydrogens is 448 g/mol. The molecule has 1 aliphatic rings. The van der Waals surface area contributed by atoms with Crippen LogP contribution in [0.25, 0.3) is 0 Å². The first-order valence-electron chi connectivity index (χ1n) is 9.21. The Hall–Kier alpha value is -2.79. The van der Waals surface area contributed by atoms with Crippen LogP contribution in [0, 0.1) is 0 Å². The van der Waals surface area contributed by atoms with Crippen LogP contribution in [0.5, 0.6) is 0 Å². The van der Waals surface area contributed by atoms with E-state index in [-0.39, 0.29) is 24.5 Å². The lowest BCUT2D eigenvalue weighted by molar-refractivity contribution is -0.139. The molecule has 1 aliphatic heterocycles. The van der Waals surface area contributed by atoms with E-state index in [2.05, 4.69) is 10.0 Å². The van der Waals surface area contributed by atoms with Crippen LogP contribution in [-0.4, -0.2) is 38.2 Å². The minimum atomic E-state index is -3.36. The summed E-state index contributed by atoms with van der Waals surface area (Å²) in [5.41, 5.74) is 1.63. The average Bonchev–Trinajstić information content (AvgIpc) is 2.98. The van der Waals surface area contributed by atoms with Gasteiger partial charge in [-0.2, -0.15) is 0 Å². The van der Waals surface area contributed by atoms with Gasteiger partial charge in [-0.15, -0.1) is 10.8 Å². The number of carbonyl (C=O) groups excluding carboxylic acids is 2. The molecule has 0 bridgehead atoms. The predicted molar refractivity (Wildman–Crippen MR) is 115 cm³/mol. The van der Waals surface area contributed by atoms with Crippen molar-refractivity contribution in [2.75, 3.05) is 0 Å². The van der Waals surface area contributed by atoms with E-state index < -0.39 is 40.0 Å². The molecule has 5 N–H and O–H groups in total. The number of aliphatic carboxylic acids is 1. The van der Waals surface area contributed by atoms with Gasteiger partial charge >= 0.3 is 12.1 Å². The van der Waals surface area contributed by atoms with Crippen molar-refractivity contribution in [3.8, 4) is 0 Å². The van der Waals surface area contributed by atoms with Crippen molar-refractivity contribution in [1.29, 1.82) is 0 Å². The maximum Gasteiger partial charge on any atom is 0.408 e. The number of hydrogen-bond donors (Lipinski definition) is 5. The number of carboxylic acid groups (broad SMARTS) is 1. The Balaban J connectivity index is 1.64. The topological polar surface area (TPSA) is 145 Å². The average molecular weight is 469 g/mol. The fourth-order valence-corrected chi connectivity index (χ4v) is 5.06. The van der Waals surface area contributed by atoms with Crippen molar-refractivity contribution in [1.82, 2.24) is 10.0 Å². The first-order valence-corrected chi connectivity index (χ1v) is 11.2. The maximum absolute atomic E-state index is 12.0. The third-order valence-electron chi connectivity index (χ3n) is 4.69. The summed E-state index contributed by atoms with van der Waals surface area (Å²) in [6.45, 7) is 0.0000838. The maximum atomic E-state index is 12.0. The number of nitrogens with one attached hydrogen (secondary N) is 2. The lowest BCUT2D eigenvalue weighted by Crippen LogP contribution is -2.42. The van der Waals surface area contributed by atoms with E-state index in [1.807, 2.05) is 6.07 Å². The second kappa shape index (κ2) is 9.56. The van der Waals surface area contributed by atoms with Gasteiger partial charge in [-0.1, -0.05) is 54.1 Å². The quantitative estimate of drug-likeness (QED) is 0.418. The SMILES string of the molecule is O=C1CC(c2ccc(C[C@H](NC(=O)OCc3ccccc3)C(=O)O)cc2Cl)S(O)(O)N1. The number of carbonyl (C=O) groups is 3. The van der Waals surface area contributed by atoms with Crippen LogP contribution in [0.15, 0.2) is 48.5 Å². The molecule has 166 valence electrons. The molecule has 1 fully saturated rings. The highest BCUT2D eigenvalue weighted by atomic mass is 35.5. The Morgan fingerprint density at radius 3 is 2.48 bits per heavy atom. The van der Waals surface area contributed by atoms with E-state index in [1.54, 1.807) is 30.3 Å². The molecule has 1 unspecified atom stereocenters. The van der Waals surface area contributed by atoms with Crippen LogP contribution in [0.2, 0.25) is 5.02 Å². The van der Waals surface area contributed by atoms with E-state index >= 15 is 0 Å². The van der Waals surface area contributed by atoms with Crippen LogP contribution < -0.4 is 10.0 Å². The zero-order valence-electron chi connectivity index (χ0n) is 16.2. The van der Waals surface area contributed by atoms with Crippen LogP contribution >= 0.6 is 22.4 Å². The second-order valence-corrected chi connectivity index (χ2v) is 9.33. The van der Waals surface area contributed by atoms with Gasteiger partial charge in [-0.05, 0) is 22.8 Å². The lowest BCUT2D eigenvalue weighted by Gasteiger charge is -2.33. The molecular formula is C20H21ClN2O7S. The third-order valence-corrected chi connectivity index (χ3v) is 6.76. The third kappa shape index (κ3) is 5.88. The minimum Gasteiger partial charge on any atom is -0.480 e. The van der Waals surface area contributed by atoms with Crippen LogP contribution in [0.3, 0.4) is 0 Å². The molecule has 0 aliphatic carbocycles. The van der Waals surface area contributed by atoms with Gasteiger partial charge in [0.1, 0.15) is 17.9 Å². The highest BCUT2D eigenvalue weighted by molar-refractivity contribution is 8.23. The summed E-state index contributed by atoms with van der Waals surface area (Å²) >= 11 is 6.26. The molecule has 11 heteroatoms. The number of alkyl carbamates (subject to hydrolysis) is 1. The van der Waals surface area contributed by atoms with E-state index in [9.17, 15) is 28.6 Å². The van der Waals surface area contributed by atoms with Crippen LogP contribution in [0.4, 0.5) is 4.79 Å². The summed E-state index contributed by atoms with van der Waals surface area (Å²) in [7, 11) is -3.36. The Morgan fingerprint density at radius 2 is 1.90 bits per heavy atom. The Labute approximate surface area is 184 Å². The zero-order valence-corrected chi connectivity index (χ0v) is 17.7. The predicted octanol–water partition coefficient (Wildman–Crippen LogP) is 3.49. The standard InChI is InChI=1S/C20H21ClN2O7S/c21-15-8-13(6-7-14(15)17-10-18(24)23-31(17,28)29)9-16(19(25)26)22-20(27)30-11-12-4-2-1-3-5-12/h1-8,16-17,28-29H,9-11H2,(H,22,27)(H,23,24)(H,25,26)/t16-,17?/m0/s1. The second-order valence-electron chi connectivity index (χ2n) is 6.97. The lowest BCUT2D eigenvalue weighted by atomic mass is 10.0. The molecule has 9 nitrogen and oxygen atoms in total. The molecule has 0 spiro atoms. The molecule has 31 heavy (non-hydrogen) atoms. The highest BCUT2D eigenvalue weighted by Crippen LogP contribution is 2.57. The number of benzene rings is 2. The molecule has 1 saturated heterocycles. The Bertz CT molecular complexity index is 987. The summed E-state index contributed by atoms with van der Waals surface area (Å²) in [6, 6.07) is 12.2. The zero-order chi connectivity index (χ0) is 22.6. The van der Waals surface area contributed by atoms with Gasteiger partial charge in [0.2, 0.25) is 5.91 Å². The van der Waals surface area contributed by atoms with Gasteiger partial charge in [-0.3, -0.25) is 18.6 Å². The van der Waals surface area contributed by atoms with Gasteiger partial charge in [-0.25, -0.2) is 9.59 Å². The smallest absolute Gasteiger partial charge is 0.408 e. The first-order chi connectivity index (χ1) is 14.7. The van der Waals surface area contributed by atoms with E-state index in [0.717, 1.165) is 5.56 Å². The van der Waals surface area contributed by atoms with Gasteiger partial charge in [0.05, 0.1) is 6.42 Å². The number of halogens is 1. The normalized spacial score (nSPS) is 19.2. The molecule has 0 radical (unpaired) electrons. The van der Waals surface area contributed by atoms with Crippen molar-refractivity contribution in [3.05, 3.63) is 70.2 Å². The number of rotatable bonds is 7. The van der Waals surface area contributed by atoms with Crippen molar-refractivity contribution >= 4 is 40.3 Å². The molecule has 2 aromatic rings. The first kappa shape index (κ1) is 22.9. The molecule has 2 atom stereocenters. The fraction of sp³-hybridized carbons (Fsp3) is 0.250. The summed E-state index contributed by atoms with van der Waals surface area (Å²) < 4.78 is 27.3. The Kier molecular flexibility index (Phi) is 7.06. The number of hydrogen-bond acceptors (Lipinski definition) is 6. The van der Waals surface area contributed by atoms with Gasteiger partial charge in [0.15, 0.2) is 0 Å². The van der Waals surface area contributed by atoms with Crippen LogP contribution in [0.1, 0.15) is 28.4 Å². The summed E-state index contributed by atoms with van der Waals surface area (Å²) in [5, 5.41) is 11.0. The molecule has 2 aromatic carbocycles. The number of ether oxygens (including phenoxy) is 1. The Morgan fingerprint density at radius 1 is 1.19 bits per heavy atom. The molecule has 3 rings (SSSR count).